The molecule has 2 heterocycles. The first kappa shape index (κ1) is 21.6. The van der Waals surface area contributed by atoms with Crippen LogP contribution in [-0.4, -0.2) is 22.2 Å². The van der Waals surface area contributed by atoms with Crippen LogP contribution >= 0.6 is 0 Å². The van der Waals surface area contributed by atoms with Gasteiger partial charge in [-0.05, 0) is 54.8 Å². The summed E-state index contributed by atoms with van der Waals surface area (Å²) in [5, 5.41) is 6.30. The Labute approximate surface area is 183 Å². The fourth-order valence-corrected chi connectivity index (χ4v) is 3.66. The molecule has 1 aliphatic heterocycles. The second-order valence-electron chi connectivity index (χ2n) is 7.52. The SMILES string of the molecule is C=C1CCCN1c1ccc(NC(=O)c2cc(C(F)(F)F)nn2-c2cccc(CN)c2)cc1. The fraction of sp³-hybridized carbons (Fsp3) is 0.217. The third-order valence-electron chi connectivity index (χ3n) is 5.29. The van der Waals surface area contributed by atoms with Crippen LogP contribution in [0.4, 0.5) is 24.5 Å². The van der Waals surface area contributed by atoms with E-state index in [0.29, 0.717) is 16.9 Å². The number of rotatable bonds is 5. The van der Waals surface area contributed by atoms with E-state index in [9.17, 15) is 18.0 Å². The van der Waals surface area contributed by atoms with Gasteiger partial charge in [-0.3, -0.25) is 4.79 Å². The number of nitrogens with two attached hydrogens (primary N) is 1. The first-order valence-corrected chi connectivity index (χ1v) is 10.1. The average molecular weight is 441 g/mol. The molecule has 2 aromatic carbocycles. The number of nitrogens with one attached hydrogen (secondary N) is 1. The zero-order chi connectivity index (χ0) is 22.9. The van der Waals surface area contributed by atoms with Crippen LogP contribution < -0.4 is 16.0 Å². The maximum atomic E-state index is 13.3. The highest BCUT2D eigenvalue weighted by Crippen LogP contribution is 2.31. The van der Waals surface area contributed by atoms with Gasteiger partial charge in [-0.15, -0.1) is 0 Å². The minimum Gasteiger partial charge on any atom is -0.346 e. The van der Waals surface area contributed by atoms with E-state index in [-0.39, 0.29) is 12.2 Å². The smallest absolute Gasteiger partial charge is 0.346 e. The van der Waals surface area contributed by atoms with Crippen molar-refractivity contribution in [3.63, 3.8) is 0 Å². The Morgan fingerprint density at radius 1 is 1.12 bits per heavy atom. The van der Waals surface area contributed by atoms with Gasteiger partial charge in [-0.25, -0.2) is 4.68 Å². The van der Waals surface area contributed by atoms with Crippen molar-refractivity contribution in [1.29, 1.82) is 0 Å². The van der Waals surface area contributed by atoms with Crippen LogP contribution in [0.5, 0.6) is 0 Å². The summed E-state index contributed by atoms with van der Waals surface area (Å²) in [5.74, 6) is -0.704. The number of hydrogen-bond donors (Lipinski definition) is 2. The number of halogens is 3. The first-order valence-electron chi connectivity index (χ1n) is 10.1. The van der Waals surface area contributed by atoms with Crippen LogP contribution in [0.1, 0.15) is 34.6 Å². The van der Waals surface area contributed by atoms with Crippen molar-refractivity contribution in [2.45, 2.75) is 25.6 Å². The van der Waals surface area contributed by atoms with Crippen molar-refractivity contribution in [3.05, 3.63) is 83.8 Å². The minimum atomic E-state index is -4.69. The van der Waals surface area contributed by atoms with Crippen molar-refractivity contribution < 1.29 is 18.0 Å². The lowest BCUT2D eigenvalue weighted by molar-refractivity contribution is -0.141. The van der Waals surface area contributed by atoms with Gasteiger partial charge in [-0.2, -0.15) is 18.3 Å². The largest absolute Gasteiger partial charge is 0.435 e. The van der Waals surface area contributed by atoms with Crippen LogP contribution in [0.3, 0.4) is 0 Å². The van der Waals surface area contributed by atoms with Gasteiger partial charge in [0.25, 0.3) is 5.91 Å². The second-order valence-corrected chi connectivity index (χ2v) is 7.52. The van der Waals surface area contributed by atoms with E-state index in [0.717, 1.165) is 41.5 Å². The molecule has 1 amide bonds. The highest BCUT2D eigenvalue weighted by atomic mass is 19.4. The van der Waals surface area contributed by atoms with E-state index in [1.165, 1.54) is 0 Å². The summed E-state index contributed by atoms with van der Waals surface area (Å²) in [6, 6.07) is 14.4. The topological polar surface area (TPSA) is 76.2 Å². The standard InChI is InChI=1S/C23H22F3N5O/c1-15-4-3-11-30(15)18-9-7-17(8-10-18)28-22(32)20-13-21(23(24,25)26)29-31(20)19-6-2-5-16(12-19)14-27/h2,5-10,12-13H,1,3-4,11,14,27H2,(H,28,32). The third kappa shape index (κ3) is 4.38. The molecule has 3 N–H and O–H groups in total. The molecule has 0 atom stereocenters. The Morgan fingerprint density at radius 2 is 1.88 bits per heavy atom. The Balaban J connectivity index is 1.62. The molecule has 0 radical (unpaired) electrons. The quantitative estimate of drug-likeness (QED) is 0.601. The molecule has 1 fully saturated rings. The van der Waals surface area contributed by atoms with Gasteiger partial charge in [0.1, 0.15) is 5.69 Å². The molecule has 32 heavy (non-hydrogen) atoms. The van der Waals surface area contributed by atoms with E-state index in [1.807, 2.05) is 12.1 Å². The summed E-state index contributed by atoms with van der Waals surface area (Å²) < 4.78 is 40.9. The predicted molar refractivity (Wildman–Crippen MR) is 117 cm³/mol. The Kier molecular flexibility index (Phi) is 5.75. The summed E-state index contributed by atoms with van der Waals surface area (Å²) in [6.07, 6.45) is -2.71. The first-order chi connectivity index (χ1) is 15.3. The zero-order valence-electron chi connectivity index (χ0n) is 17.2. The van der Waals surface area contributed by atoms with Crippen LogP contribution in [0, 0.1) is 0 Å². The maximum absolute atomic E-state index is 13.3. The number of anilines is 2. The molecule has 9 heteroatoms. The summed E-state index contributed by atoms with van der Waals surface area (Å²) >= 11 is 0. The second kappa shape index (κ2) is 8.51. The van der Waals surface area contributed by atoms with Crippen LogP contribution in [0.15, 0.2) is 66.9 Å². The normalized spacial score (nSPS) is 14.1. The molecule has 166 valence electrons. The molecule has 1 aromatic heterocycles. The monoisotopic (exact) mass is 441 g/mol. The molecule has 0 aliphatic carbocycles. The summed E-state index contributed by atoms with van der Waals surface area (Å²) in [4.78, 5) is 15.0. The van der Waals surface area contributed by atoms with Crippen LogP contribution in [0.2, 0.25) is 0 Å². The van der Waals surface area contributed by atoms with Gasteiger partial charge in [0.05, 0.1) is 5.69 Å². The highest BCUT2D eigenvalue weighted by Gasteiger charge is 2.36. The number of aromatic nitrogens is 2. The summed E-state index contributed by atoms with van der Waals surface area (Å²) in [5.41, 5.74) is 7.72. The Bertz CT molecular complexity index is 1150. The lowest BCUT2D eigenvalue weighted by Gasteiger charge is -2.19. The molecule has 0 spiro atoms. The van der Waals surface area contributed by atoms with Crippen molar-refractivity contribution in [3.8, 4) is 5.69 Å². The molecular weight excluding hydrogens is 419 g/mol. The number of carbonyl (C=O) groups is 1. The number of hydrogen-bond acceptors (Lipinski definition) is 4. The molecule has 0 bridgehead atoms. The van der Waals surface area contributed by atoms with E-state index < -0.39 is 17.8 Å². The third-order valence-corrected chi connectivity index (χ3v) is 5.29. The zero-order valence-corrected chi connectivity index (χ0v) is 17.2. The number of alkyl halides is 3. The summed E-state index contributed by atoms with van der Waals surface area (Å²) in [7, 11) is 0. The average Bonchev–Trinajstić information content (AvgIpc) is 3.41. The molecule has 6 nitrogen and oxygen atoms in total. The van der Waals surface area contributed by atoms with E-state index in [2.05, 4.69) is 21.9 Å². The van der Waals surface area contributed by atoms with Gasteiger partial charge < -0.3 is 16.0 Å². The molecule has 1 saturated heterocycles. The molecule has 1 aliphatic rings. The van der Waals surface area contributed by atoms with Crippen molar-refractivity contribution in [2.24, 2.45) is 5.73 Å². The lowest BCUT2D eigenvalue weighted by Crippen LogP contribution is -2.18. The minimum absolute atomic E-state index is 0.207. The maximum Gasteiger partial charge on any atom is 0.435 e. The highest BCUT2D eigenvalue weighted by molar-refractivity contribution is 6.03. The fourth-order valence-electron chi connectivity index (χ4n) is 3.66. The van der Waals surface area contributed by atoms with Crippen LogP contribution in [0.25, 0.3) is 5.69 Å². The van der Waals surface area contributed by atoms with Gasteiger partial charge >= 0.3 is 6.18 Å². The van der Waals surface area contributed by atoms with Crippen molar-refractivity contribution in [1.82, 2.24) is 9.78 Å². The van der Waals surface area contributed by atoms with Gasteiger partial charge in [0.2, 0.25) is 0 Å². The van der Waals surface area contributed by atoms with Crippen LogP contribution in [-0.2, 0) is 12.7 Å². The summed E-state index contributed by atoms with van der Waals surface area (Å²) in [6.45, 7) is 5.13. The van der Waals surface area contributed by atoms with E-state index >= 15 is 0 Å². The molecular formula is C23H22F3N5O. The van der Waals surface area contributed by atoms with Crippen molar-refractivity contribution in [2.75, 3.05) is 16.8 Å². The number of amides is 1. The lowest BCUT2D eigenvalue weighted by atomic mass is 10.2. The number of carbonyl (C=O) groups excluding carboxylic acids is 1. The Morgan fingerprint density at radius 3 is 2.50 bits per heavy atom. The van der Waals surface area contributed by atoms with Gasteiger partial charge in [-0.1, -0.05) is 18.7 Å². The van der Waals surface area contributed by atoms with E-state index in [4.69, 9.17) is 5.73 Å². The predicted octanol–water partition coefficient (Wildman–Crippen LogP) is 4.72. The molecule has 3 aromatic rings. The van der Waals surface area contributed by atoms with Gasteiger partial charge in [0, 0.05) is 36.2 Å². The van der Waals surface area contributed by atoms with Crippen molar-refractivity contribution >= 4 is 17.3 Å². The Hall–Kier alpha value is -3.59. The van der Waals surface area contributed by atoms with Gasteiger partial charge in [0.15, 0.2) is 5.69 Å². The number of allylic oxidation sites excluding steroid dienone is 1. The molecule has 0 saturated carbocycles. The number of benzene rings is 2. The van der Waals surface area contributed by atoms with E-state index in [1.54, 1.807) is 36.4 Å². The number of nitrogens with zero attached hydrogens (tertiary/aromatic N) is 3. The molecule has 4 rings (SSSR count). The molecule has 0 unspecified atom stereocenters.